The van der Waals surface area contributed by atoms with E-state index in [0.29, 0.717) is 12.1 Å². The van der Waals surface area contributed by atoms with Crippen molar-refractivity contribution in [3.05, 3.63) is 24.3 Å². The minimum Gasteiger partial charge on any atom is -0.345 e. The highest BCUT2D eigenvalue weighted by Gasteiger charge is 2.43. The molecule has 3 aromatic rings. The van der Waals surface area contributed by atoms with E-state index in [1.54, 1.807) is 6.20 Å². The van der Waals surface area contributed by atoms with Gasteiger partial charge in [0, 0.05) is 18.5 Å². The molecule has 148 valence electrons. The standard InChI is InChI=1S/C18H23N7O2S/c1-2-11-8-12(15(4-3-6-19)28(20,26)27)9-13(11)18-24-23-16-10-22-17-14(25(16)18)5-7-21-17/h5,7,10-13,15,21H,2-4,8-9H2,1H3,(H2,20,26,27)/t11-,12+,13+,15?/m1/s1. The van der Waals surface area contributed by atoms with Crippen molar-refractivity contribution >= 4 is 26.8 Å². The summed E-state index contributed by atoms with van der Waals surface area (Å²) in [6.45, 7) is 2.11. The van der Waals surface area contributed by atoms with Crippen LogP contribution in [-0.2, 0) is 10.0 Å². The first-order valence-electron chi connectivity index (χ1n) is 9.49. The van der Waals surface area contributed by atoms with E-state index in [-0.39, 0.29) is 30.6 Å². The van der Waals surface area contributed by atoms with Crippen LogP contribution in [0.4, 0.5) is 0 Å². The highest BCUT2D eigenvalue weighted by Crippen LogP contribution is 2.47. The number of hydrogen-bond acceptors (Lipinski definition) is 6. The lowest BCUT2D eigenvalue weighted by Crippen LogP contribution is -2.34. The molecule has 9 nitrogen and oxygen atoms in total. The van der Waals surface area contributed by atoms with Gasteiger partial charge in [0.05, 0.1) is 23.0 Å². The molecule has 0 bridgehead atoms. The Labute approximate surface area is 163 Å². The summed E-state index contributed by atoms with van der Waals surface area (Å²) in [5, 5.41) is 22.5. The third-order valence-corrected chi connectivity index (χ3v) is 7.51. The first-order valence-corrected chi connectivity index (χ1v) is 11.1. The molecule has 0 saturated heterocycles. The number of nitrogens with zero attached hydrogens (tertiary/aromatic N) is 5. The monoisotopic (exact) mass is 401 g/mol. The molecule has 3 N–H and O–H groups in total. The fourth-order valence-electron chi connectivity index (χ4n) is 4.75. The normalized spacial score (nSPS) is 24.0. The highest BCUT2D eigenvalue weighted by atomic mass is 32.2. The summed E-state index contributed by atoms with van der Waals surface area (Å²) in [6.07, 6.45) is 6.30. The first kappa shape index (κ1) is 18.8. The first-order chi connectivity index (χ1) is 13.4. The summed E-state index contributed by atoms with van der Waals surface area (Å²) >= 11 is 0. The number of rotatable bonds is 6. The fraction of sp³-hybridized carbons (Fsp3) is 0.556. The van der Waals surface area contributed by atoms with E-state index in [0.717, 1.165) is 29.8 Å². The van der Waals surface area contributed by atoms with Crippen molar-refractivity contribution in [1.29, 1.82) is 5.26 Å². The molecule has 4 atom stereocenters. The number of H-pyrrole nitrogens is 1. The van der Waals surface area contributed by atoms with Gasteiger partial charge in [-0.3, -0.25) is 4.40 Å². The third-order valence-electron chi connectivity index (χ3n) is 6.04. The van der Waals surface area contributed by atoms with Crippen molar-refractivity contribution < 1.29 is 8.42 Å². The molecular formula is C18H23N7O2S. The van der Waals surface area contributed by atoms with Gasteiger partial charge in [-0.2, -0.15) is 5.26 Å². The number of hydrogen-bond donors (Lipinski definition) is 2. The molecule has 0 spiro atoms. The molecule has 10 heteroatoms. The van der Waals surface area contributed by atoms with Crippen LogP contribution in [0.5, 0.6) is 0 Å². The molecule has 1 unspecified atom stereocenters. The number of nitriles is 1. The second-order valence-corrected chi connectivity index (χ2v) is 9.34. The second kappa shape index (κ2) is 7.14. The Morgan fingerprint density at radius 2 is 2.25 bits per heavy atom. The van der Waals surface area contributed by atoms with E-state index >= 15 is 0 Å². The maximum absolute atomic E-state index is 12.2. The van der Waals surface area contributed by atoms with Gasteiger partial charge in [0.15, 0.2) is 11.3 Å². The van der Waals surface area contributed by atoms with Crippen LogP contribution in [0, 0.1) is 23.2 Å². The quantitative estimate of drug-likeness (QED) is 0.647. The number of nitrogens with two attached hydrogens (primary N) is 1. The van der Waals surface area contributed by atoms with Gasteiger partial charge >= 0.3 is 0 Å². The van der Waals surface area contributed by atoms with E-state index < -0.39 is 15.3 Å². The SMILES string of the molecule is CC[C@@H]1C[C@H](C(CCC#N)S(N)(=O)=O)C[C@@H]1c1nnc2cnc3[nH]ccc3n12. The van der Waals surface area contributed by atoms with Crippen LogP contribution in [0.3, 0.4) is 0 Å². The van der Waals surface area contributed by atoms with Crippen LogP contribution in [0.15, 0.2) is 18.5 Å². The van der Waals surface area contributed by atoms with Gasteiger partial charge in [-0.15, -0.1) is 10.2 Å². The summed E-state index contributed by atoms with van der Waals surface area (Å²) in [7, 11) is -3.72. The van der Waals surface area contributed by atoms with Crippen LogP contribution in [0.1, 0.15) is 50.8 Å². The number of fused-ring (bicyclic) bond motifs is 3. The van der Waals surface area contributed by atoms with Gasteiger partial charge in [-0.05, 0) is 37.2 Å². The Morgan fingerprint density at radius 1 is 1.43 bits per heavy atom. The number of nitrogens with one attached hydrogen (secondary N) is 1. The van der Waals surface area contributed by atoms with Gasteiger partial charge < -0.3 is 4.98 Å². The summed E-state index contributed by atoms with van der Waals surface area (Å²) in [6, 6.07) is 3.98. The smallest absolute Gasteiger partial charge is 0.212 e. The summed E-state index contributed by atoms with van der Waals surface area (Å²) in [5.41, 5.74) is 2.34. The van der Waals surface area contributed by atoms with Crippen molar-refractivity contribution in [2.75, 3.05) is 0 Å². The second-order valence-electron chi connectivity index (χ2n) is 7.55. The van der Waals surface area contributed by atoms with E-state index in [9.17, 15) is 8.42 Å². The Bertz CT molecular complexity index is 1140. The fourth-order valence-corrected chi connectivity index (χ4v) is 5.96. The number of aromatic amines is 1. The summed E-state index contributed by atoms with van der Waals surface area (Å²) < 4.78 is 26.4. The third kappa shape index (κ3) is 3.14. The molecule has 0 aliphatic heterocycles. The molecular weight excluding hydrogens is 378 g/mol. The van der Waals surface area contributed by atoms with E-state index in [1.807, 2.05) is 22.7 Å². The maximum atomic E-state index is 12.2. The van der Waals surface area contributed by atoms with E-state index in [1.165, 1.54) is 0 Å². The van der Waals surface area contributed by atoms with Crippen molar-refractivity contribution in [2.45, 2.75) is 50.2 Å². The van der Waals surface area contributed by atoms with Crippen LogP contribution < -0.4 is 5.14 Å². The molecule has 4 rings (SSSR count). The van der Waals surface area contributed by atoms with E-state index in [2.05, 4.69) is 27.1 Å². The Hall–Kier alpha value is -2.51. The van der Waals surface area contributed by atoms with Crippen LogP contribution in [0.25, 0.3) is 16.8 Å². The molecule has 3 heterocycles. The zero-order chi connectivity index (χ0) is 19.9. The van der Waals surface area contributed by atoms with E-state index in [4.69, 9.17) is 10.4 Å². The molecule has 1 aliphatic carbocycles. The van der Waals surface area contributed by atoms with Crippen LogP contribution >= 0.6 is 0 Å². The Morgan fingerprint density at radius 3 is 2.96 bits per heavy atom. The van der Waals surface area contributed by atoms with Crippen molar-refractivity contribution in [3.8, 4) is 6.07 Å². The lowest BCUT2D eigenvalue weighted by Gasteiger charge is -2.20. The van der Waals surface area contributed by atoms with Gasteiger partial charge in [-0.1, -0.05) is 13.3 Å². The minimum atomic E-state index is -3.72. The summed E-state index contributed by atoms with van der Waals surface area (Å²) in [5.74, 6) is 1.11. The molecule has 3 aromatic heterocycles. The molecule has 0 aromatic carbocycles. The zero-order valence-electron chi connectivity index (χ0n) is 15.6. The maximum Gasteiger partial charge on any atom is 0.212 e. The lowest BCUT2D eigenvalue weighted by molar-refractivity contribution is 0.431. The topological polar surface area (TPSA) is 143 Å². The summed E-state index contributed by atoms with van der Waals surface area (Å²) in [4.78, 5) is 7.45. The number of primary sulfonamides is 1. The van der Waals surface area contributed by atoms with Crippen molar-refractivity contribution in [3.63, 3.8) is 0 Å². The van der Waals surface area contributed by atoms with Crippen LogP contribution in [0.2, 0.25) is 0 Å². The average molecular weight is 401 g/mol. The molecule has 28 heavy (non-hydrogen) atoms. The molecule has 0 amide bonds. The molecule has 1 aliphatic rings. The predicted octanol–water partition coefficient (Wildman–Crippen LogP) is 2.09. The highest BCUT2D eigenvalue weighted by molar-refractivity contribution is 7.89. The molecule has 1 fully saturated rings. The van der Waals surface area contributed by atoms with Crippen LogP contribution in [-0.4, -0.2) is 38.2 Å². The van der Waals surface area contributed by atoms with Gasteiger partial charge in [0.2, 0.25) is 10.0 Å². The Kier molecular flexibility index (Phi) is 4.81. The van der Waals surface area contributed by atoms with Gasteiger partial charge in [-0.25, -0.2) is 18.5 Å². The van der Waals surface area contributed by atoms with Crippen molar-refractivity contribution in [2.24, 2.45) is 17.0 Å². The Balaban J connectivity index is 1.73. The minimum absolute atomic E-state index is 0.0804. The number of sulfonamides is 1. The van der Waals surface area contributed by atoms with Crippen molar-refractivity contribution in [1.82, 2.24) is 24.6 Å². The number of aromatic nitrogens is 5. The molecule has 1 saturated carbocycles. The predicted molar refractivity (Wildman–Crippen MR) is 104 cm³/mol. The van der Waals surface area contributed by atoms with Gasteiger partial charge in [0.25, 0.3) is 0 Å². The molecule has 0 radical (unpaired) electrons. The van der Waals surface area contributed by atoms with Gasteiger partial charge in [0.1, 0.15) is 5.82 Å². The largest absolute Gasteiger partial charge is 0.345 e. The zero-order valence-corrected chi connectivity index (χ0v) is 16.4. The lowest BCUT2D eigenvalue weighted by atomic mass is 9.93. The average Bonchev–Trinajstić information content (AvgIpc) is 3.37.